The number of ether oxygens (including phenoxy) is 1. The highest BCUT2D eigenvalue weighted by atomic mass is 16.5. The number of fused-ring (bicyclic) bond motifs is 1. The molecule has 4 rings (SSSR count). The van der Waals surface area contributed by atoms with Crippen molar-refractivity contribution >= 4 is 34.0 Å². The number of rotatable bonds is 8. The summed E-state index contributed by atoms with van der Waals surface area (Å²) in [7, 11) is 7.72. The number of anilines is 4. The summed E-state index contributed by atoms with van der Waals surface area (Å²) in [5.74, 6) is 1.48. The summed E-state index contributed by atoms with van der Waals surface area (Å²) in [5, 5.41) is 3.20. The number of nitrogens with one attached hydrogen (secondary N) is 1. The summed E-state index contributed by atoms with van der Waals surface area (Å²) >= 11 is 0. The fraction of sp³-hybridized carbons (Fsp3) is 0.273. The topological polar surface area (TPSA) is 110 Å². The molecule has 0 unspecified atom stereocenters. The lowest BCUT2D eigenvalue weighted by Gasteiger charge is -2.24. The maximum Gasteiger partial charge on any atom is 0.240 e. The summed E-state index contributed by atoms with van der Waals surface area (Å²) in [6.07, 6.45) is 3.15. The van der Waals surface area contributed by atoms with Crippen LogP contribution in [-0.4, -0.2) is 70.7 Å². The van der Waals surface area contributed by atoms with E-state index in [1.165, 1.54) is 6.33 Å². The average molecular weight is 434 g/mol. The van der Waals surface area contributed by atoms with Gasteiger partial charge in [0.05, 0.1) is 35.2 Å². The summed E-state index contributed by atoms with van der Waals surface area (Å²) in [5.41, 5.74) is 10.3. The lowest BCUT2D eigenvalue weighted by atomic mass is 10.2. The minimum atomic E-state index is 0.374. The molecule has 2 heterocycles. The van der Waals surface area contributed by atoms with Gasteiger partial charge in [0.25, 0.3) is 0 Å². The Morgan fingerprint density at radius 2 is 1.88 bits per heavy atom. The first kappa shape index (κ1) is 21.3. The van der Waals surface area contributed by atoms with Crippen molar-refractivity contribution in [1.82, 2.24) is 29.4 Å². The highest BCUT2D eigenvalue weighted by Gasteiger charge is 2.14. The van der Waals surface area contributed by atoms with Gasteiger partial charge in [-0.05, 0) is 32.3 Å². The molecule has 0 spiro atoms. The SMILES string of the molecule is COc1cc(N(C)CCN(C)C)c(N)cc1Nc1ncnc(-n2cnc3ccccc32)n1. The predicted molar refractivity (Wildman–Crippen MR) is 127 cm³/mol. The van der Waals surface area contributed by atoms with Gasteiger partial charge in [-0.25, -0.2) is 15.0 Å². The Morgan fingerprint density at radius 3 is 2.66 bits per heavy atom. The molecule has 0 amide bonds. The molecule has 0 radical (unpaired) electrons. The molecule has 0 aliphatic carbocycles. The zero-order valence-electron chi connectivity index (χ0n) is 18.6. The Bertz CT molecular complexity index is 1220. The molecule has 0 saturated carbocycles. The zero-order valence-corrected chi connectivity index (χ0v) is 18.6. The number of nitrogen functional groups attached to an aromatic ring is 1. The minimum Gasteiger partial charge on any atom is -0.494 e. The molecule has 0 aliphatic heterocycles. The largest absolute Gasteiger partial charge is 0.494 e. The highest BCUT2D eigenvalue weighted by Crippen LogP contribution is 2.36. The summed E-state index contributed by atoms with van der Waals surface area (Å²) < 4.78 is 7.42. The first-order valence-electron chi connectivity index (χ1n) is 10.2. The standard InChI is InChI=1S/C22H27N9O/c1-29(2)9-10-30(3)19-12-20(32-4)17(11-15(19)23)27-21-24-13-25-22(28-21)31-14-26-16-7-5-6-8-18(16)31/h5-8,11-14H,9-10,23H2,1-4H3,(H,24,25,27,28). The molecule has 0 saturated heterocycles. The van der Waals surface area contributed by atoms with Gasteiger partial charge >= 0.3 is 0 Å². The van der Waals surface area contributed by atoms with E-state index in [0.717, 1.165) is 29.8 Å². The van der Waals surface area contributed by atoms with Gasteiger partial charge in [0.2, 0.25) is 11.9 Å². The number of hydrogen-bond acceptors (Lipinski definition) is 9. The Labute approximate surface area is 186 Å². The van der Waals surface area contributed by atoms with E-state index in [9.17, 15) is 0 Å². The Balaban J connectivity index is 1.61. The van der Waals surface area contributed by atoms with E-state index in [2.05, 4.69) is 35.1 Å². The maximum atomic E-state index is 6.36. The smallest absolute Gasteiger partial charge is 0.240 e. The van der Waals surface area contributed by atoms with Crippen LogP contribution in [0.5, 0.6) is 5.75 Å². The van der Waals surface area contributed by atoms with E-state index in [0.29, 0.717) is 29.0 Å². The fourth-order valence-electron chi connectivity index (χ4n) is 3.36. The molecule has 10 nitrogen and oxygen atoms in total. The number of hydrogen-bond donors (Lipinski definition) is 2. The number of nitrogens with zero attached hydrogens (tertiary/aromatic N) is 7. The lowest BCUT2D eigenvalue weighted by molar-refractivity contribution is 0.413. The molecular weight excluding hydrogens is 406 g/mol. The summed E-state index contributed by atoms with van der Waals surface area (Å²) in [6.45, 7) is 1.75. The van der Waals surface area contributed by atoms with Crippen LogP contribution >= 0.6 is 0 Å². The monoisotopic (exact) mass is 433 g/mol. The lowest BCUT2D eigenvalue weighted by Crippen LogP contribution is -2.29. The molecule has 32 heavy (non-hydrogen) atoms. The molecule has 166 valence electrons. The van der Waals surface area contributed by atoms with Crippen LogP contribution in [0.4, 0.5) is 23.0 Å². The molecule has 0 aliphatic rings. The van der Waals surface area contributed by atoms with Crippen molar-refractivity contribution in [2.24, 2.45) is 0 Å². The average Bonchev–Trinajstić information content (AvgIpc) is 3.22. The van der Waals surface area contributed by atoms with Crippen LogP contribution < -0.4 is 20.7 Å². The van der Waals surface area contributed by atoms with Gasteiger partial charge in [-0.3, -0.25) is 4.57 Å². The van der Waals surface area contributed by atoms with Crippen molar-refractivity contribution in [3.05, 3.63) is 49.1 Å². The van der Waals surface area contributed by atoms with Crippen LogP contribution in [-0.2, 0) is 0 Å². The minimum absolute atomic E-state index is 0.374. The second kappa shape index (κ2) is 9.06. The van der Waals surface area contributed by atoms with Crippen LogP contribution in [0, 0.1) is 0 Å². The van der Waals surface area contributed by atoms with Crippen molar-refractivity contribution in [2.45, 2.75) is 0 Å². The van der Waals surface area contributed by atoms with Crippen molar-refractivity contribution in [3.63, 3.8) is 0 Å². The third kappa shape index (κ3) is 4.40. The van der Waals surface area contributed by atoms with Crippen LogP contribution in [0.3, 0.4) is 0 Å². The molecule has 3 N–H and O–H groups in total. The van der Waals surface area contributed by atoms with Crippen LogP contribution in [0.25, 0.3) is 17.0 Å². The molecule has 2 aromatic carbocycles. The van der Waals surface area contributed by atoms with Gasteiger partial charge in [0, 0.05) is 26.2 Å². The summed E-state index contributed by atoms with van der Waals surface area (Å²) in [4.78, 5) is 21.7. The van der Waals surface area contributed by atoms with E-state index in [-0.39, 0.29) is 0 Å². The molecule has 0 bridgehead atoms. The molecule has 0 fully saturated rings. The second-order valence-electron chi connectivity index (χ2n) is 7.67. The number of aromatic nitrogens is 5. The van der Waals surface area contributed by atoms with Gasteiger partial charge in [-0.15, -0.1) is 0 Å². The number of likely N-dealkylation sites (N-methyl/N-ethyl adjacent to an activating group) is 2. The maximum absolute atomic E-state index is 6.36. The Morgan fingerprint density at radius 1 is 1.06 bits per heavy atom. The number of para-hydroxylation sites is 2. The van der Waals surface area contributed by atoms with Crippen LogP contribution in [0.15, 0.2) is 49.1 Å². The van der Waals surface area contributed by atoms with E-state index in [1.807, 2.05) is 62.1 Å². The fourth-order valence-corrected chi connectivity index (χ4v) is 3.36. The van der Waals surface area contributed by atoms with Gasteiger partial charge in [0.15, 0.2) is 0 Å². The van der Waals surface area contributed by atoms with E-state index in [1.54, 1.807) is 13.4 Å². The quantitative estimate of drug-likeness (QED) is 0.405. The third-order valence-corrected chi connectivity index (χ3v) is 5.12. The number of nitrogens with two attached hydrogens (primary N) is 1. The number of imidazole rings is 1. The highest BCUT2D eigenvalue weighted by molar-refractivity contribution is 5.79. The molecule has 10 heteroatoms. The third-order valence-electron chi connectivity index (χ3n) is 5.12. The van der Waals surface area contributed by atoms with Crippen LogP contribution in [0.2, 0.25) is 0 Å². The predicted octanol–water partition coefficient (Wildman–Crippen LogP) is 2.54. The van der Waals surface area contributed by atoms with E-state index < -0.39 is 0 Å². The molecular formula is C22H27N9O. The van der Waals surface area contributed by atoms with Crippen molar-refractivity contribution in [2.75, 3.05) is 57.3 Å². The van der Waals surface area contributed by atoms with Gasteiger partial charge in [0.1, 0.15) is 18.4 Å². The van der Waals surface area contributed by atoms with Crippen molar-refractivity contribution < 1.29 is 4.74 Å². The zero-order chi connectivity index (χ0) is 22.7. The first-order chi connectivity index (χ1) is 15.5. The number of benzene rings is 2. The van der Waals surface area contributed by atoms with Crippen molar-refractivity contribution in [3.8, 4) is 11.7 Å². The summed E-state index contributed by atoms with van der Waals surface area (Å²) in [6, 6.07) is 11.5. The first-order valence-corrected chi connectivity index (χ1v) is 10.2. The molecule has 4 aromatic rings. The van der Waals surface area contributed by atoms with E-state index in [4.69, 9.17) is 10.5 Å². The van der Waals surface area contributed by atoms with E-state index >= 15 is 0 Å². The number of methoxy groups -OCH3 is 1. The molecule has 0 atom stereocenters. The van der Waals surface area contributed by atoms with Gasteiger partial charge in [-0.1, -0.05) is 12.1 Å². The van der Waals surface area contributed by atoms with Gasteiger partial charge in [-0.2, -0.15) is 4.98 Å². The normalized spacial score (nSPS) is 11.2. The molecule has 2 aromatic heterocycles. The van der Waals surface area contributed by atoms with Crippen molar-refractivity contribution in [1.29, 1.82) is 0 Å². The van der Waals surface area contributed by atoms with Crippen LogP contribution in [0.1, 0.15) is 0 Å². The van der Waals surface area contributed by atoms with Gasteiger partial charge < -0.3 is 25.6 Å². The Hall–Kier alpha value is -3.92. The second-order valence-corrected chi connectivity index (χ2v) is 7.67. The Kier molecular flexibility index (Phi) is 6.04.